The molecule has 13 rings (SSSR count). The number of hydrogen-bond acceptors (Lipinski definition) is 2. The summed E-state index contributed by atoms with van der Waals surface area (Å²) in [7, 11) is 0. The first-order valence-electron chi connectivity index (χ1n) is 20.5. The molecule has 0 fully saturated rings. The first kappa shape index (κ1) is 32.9. The topological polar surface area (TPSA) is 35.6 Å². The van der Waals surface area contributed by atoms with Gasteiger partial charge in [-0.2, -0.15) is 0 Å². The molecule has 4 nitrogen and oxygen atoms in total. The lowest BCUT2D eigenvalue weighted by Crippen LogP contribution is -1.97. The summed E-state index contributed by atoms with van der Waals surface area (Å²) in [6.07, 6.45) is 0. The standard InChI is InChI=1S/C56H34N4/c1-2-12-43-35(11-1)21-22-36-23-24-39(33-47(36)43)56-55(57-49-16-6-7-17-50(49)58-56)37-25-28-41(29-26-37)59-53-20-10-5-15-46(53)48-32-38-27-30-42(31-40(38)34-54(48)59)60-51-18-8-3-13-44(51)45-14-4-9-19-52(45)60/h1-34H. The van der Waals surface area contributed by atoms with Gasteiger partial charge in [0.15, 0.2) is 0 Å². The molecule has 0 aliphatic heterocycles. The van der Waals surface area contributed by atoms with Crippen LogP contribution in [0.1, 0.15) is 0 Å². The molecule has 60 heavy (non-hydrogen) atoms. The predicted molar refractivity (Wildman–Crippen MR) is 252 cm³/mol. The Balaban J connectivity index is 0.975. The van der Waals surface area contributed by atoms with Crippen LogP contribution >= 0.6 is 0 Å². The van der Waals surface area contributed by atoms with Crippen molar-refractivity contribution in [1.29, 1.82) is 0 Å². The van der Waals surface area contributed by atoms with E-state index in [1.54, 1.807) is 0 Å². The lowest BCUT2D eigenvalue weighted by Gasteiger charge is -2.14. The summed E-state index contributed by atoms with van der Waals surface area (Å²) in [5.74, 6) is 0. The monoisotopic (exact) mass is 762 g/mol. The number of aromatic nitrogens is 4. The van der Waals surface area contributed by atoms with Gasteiger partial charge in [-0.15, -0.1) is 0 Å². The van der Waals surface area contributed by atoms with Crippen molar-refractivity contribution in [2.75, 3.05) is 0 Å². The third-order valence-electron chi connectivity index (χ3n) is 12.4. The Labute approximate surface area is 344 Å². The van der Waals surface area contributed by atoms with Crippen LogP contribution < -0.4 is 0 Å². The van der Waals surface area contributed by atoms with E-state index in [2.05, 4.69) is 191 Å². The van der Waals surface area contributed by atoms with E-state index in [4.69, 9.17) is 9.97 Å². The fourth-order valence-electron chi connectivity index (χ4n) is 9.64. The molecule has 4 heteroatoms. The van der Waals surface area contributed by atoms with Gasteiger partial charge in [0.1, 0.15) is 0 Å². The van der Waals surface area contributed by atoms with E-state index in [1.807, 2.05) is 24.3 Å². The van der Waals surface area contributed by atoms with E-state index in [1.165, 1.54) is 75.9 Å². The van der Waals surface area contributed by atoms with Crippen LogP contribution in [-0.4, -0.2) is 19.1 Å². The molecule has 0 saturated heterocycles. The molecule has 0 unspecified atom stereocenters. The van der Waals surface area contributed by atoms with Gasteiger partial charge in [-0.1, -0.05) is 133 Å². The molecule has 0 bridgehead atoms. The molecule has 3 aromatic heterocycles. The number of hydrogen-bond donors (Lipinski definition) is 0. The number of rotatable bonds is 4. The summed E-state index contributed by atoms with van der Waals surface area (Å²) < 4.78 is 4.80. The minimum Gasteiger partial charge on any atom is -0.309 e. The van der Waals surface area contributed by atoms with E-state index in [-0.39, 0.29) is 0 Å². The normalized spacial score (nSPS) is 12.0. The van der Waals surface area contributed by atoms with Crippen LogP contribution in [0.25, 0.3) is 121 Å². The van der Waals surface area contributed by atoms with Crippen LogP contribution in [0.2, 0.25) is 0 Å². The third-order valence-corrected chi connectivity index (χ3v) is 12.4. The number of benzene rings is 10. The maximum Gasteiger partial charge on any atom is 0.0973 e. The zero-order chi connectivity index (χ0) is 39.3. The van der Waals surface area contributed by atoms with Crippen molar-refractivity contribution in [1.82, 2.24) is 19.1 Å². The van der Waals surface area contributed by atoms with Crippen LogP contribution in [0.3, 0.4) is 0 Å². The molecule has 3 heterocycles. The first-order chi connectivity index (χ1) is 29.7. The molecule has 0 atom stereocenters. The maximum absolute atomic E-state index is 5.29. The van der Waals surface area contributed by atoms with Crippen LogP contribution in [0.4, 0.5) is 0 Å². The van der Waals surface area contributed by atoms with Gasteiger partial charge in [0.25, 0.3) is 0 Å². The molecular weight excluding hydrogens is 729 g/mol. The van der Waals surface area contributed by atoms with Crippen LogP contribution in [0.5, 0.6) is 0 Å². The summed E-state index contributed by atoms with van der Waals surface area (Å²) in [6.45, 7) is 0. The molecule has 0 spiro atoms. The van der Waals surface area contributed by atoms with Gasteiger partial charge >= 0.3 is 0 Å². The predicted octanol–water partition coefficient (Wildman–Crippen LogP) is 14.6. The van der Waals surface area contributed by atoms with Gasteiger partial charge in [0.05, 0.1) is 44.5 Å². The average molecular weight is 763 g/mol. The number of para-hydroxylation sites is 5. The van der Waals surface area contributed by atoms with Crippen molar-refractivity contribution in [3.63, 3.8) is 0 Å². The Morgan fingerprint density at radius 2 is 0.750 bits per heavy atom. The van der Waals surface area contributed by atoms with Gasteiger partial charge in [-0.3, -0.25) is 0 Å². The summed E-state index contributed by atoms with van der Waals surface area (Å²) in [5.41, 5.74) is 12.6. The first-order valence-corrected chi connectivity index (χ1v) is 20.5. The van der Waals surface area contributed by atoms with Crippen molar-refractivity contribution in [3.05, 3.63) is 206 Å². The van der Waals surface area contributed by atoms with Gasteiger partial charge in [-0.25, -0.2) is 9.97 Å². The highest BCUT2D eigenvalue weighted by Crippen LogP contribution is 2.39. The molecule has 10 aromatic carbocycles. The Morgan fingerprint density at radius 1 is 0.267 bits per heavy atom. The summed E-state index contributed by atoms with van der Waals surface area (Å²) in [5, 5.41) is 12.3. The van der Waals surface area contributed by atoms with Gasteiger partial charge in [-0.05, 0) is 105 Å². The van der Waals surface area contributed by atoms with Crippen molar-refractivity contribution in [3.8, 4) is 33.9 Å². The summed E-state index contributed by atoms with van der Waals surface area (Å²) >= 11 is 0. The van der Waals surface area contributed by atoms with E-state index < -0.39 is 0 Å². The molecule has 0 aliphatic rings. The Morgan fingerprint density at radius 3 is 1.43 bits per heavy atom. The fraction of sp³-hybridized carbons (Fsp3) is 0. The Kier molecular flexibility index (Phi) is 6.98. The minimum atomic E-state index is 0.866. The van der Waals surface area contributed by atoms with Crippen molar-refractivity contribution in [2.24, 2.45) is 0 Å². The van der Waals surface area contributed by atoms with Crippen molar-refractivity contribution < 1.29 is 0 Å². The van der Waals surface area contributed by atoms with Crippen molar-refractivity contribution in [2.45, 2.75) is 0 Å². The second-order valence-electron chi connectivity index (χ2n) is 15.8. The number of nitrogens with zero attached hydrogens (tertiary/aromatic N) is 4. The van der Waals surface area contributed by atoms with Crippen LogP contribution in [-0.2, 0) is 0 Å². The highest BCUT2D eigenvalue weighted by molar-refractivity contribution is 6.15. The Bertz CT molecular complexity index is 3840. The van der Waals surface area contributed by atoms with Crippen LogP contribution in [0, 0.1) is 0 Å². The Hall–Kier alpha value is -8.08. The van der Waals surface area contributed by atoms with Gasteiger partial charge in [0.2, 0.25) is 0 Å². The van der Waals surface area contributed by atoms with E-state index in [9.17, 15) is 0 Å². The summed E-state index contributed by atoms with van der Waals surface area (Å²) in [4.78, 5) is 10.6. The van der Waals surface area contributed by atoms with E-state index in [0.717, 1.165) is 44.9 Å². The number of fused-ring (bicyclic) bond motifs is 11. The largest absolute Gasteiger partial charge is 0.309 e. The molecular formula is C56H34N4. The smallest absolute Gasteiger partial charge is 0.0973 e. The second-order valence-corrected chi connectivity index (χ2v) is 15.8. The van der Waals surface area contributed by atoms with E-state index >= 15 is 0 Å². The lowest BCUT2D eigenvalue weighted by atomic mass is 9.97. The van der Waals surface area contributed by atoms with Gasteiger partial charge in [0, 0.05) is 44.0 Å². The second kappa shape index (κ2) is 12.7. The minimum absolute atomic E-state index is 0.866. The van der Waals surface area contributed by atoms with Crippen LogP contribution in [0.15, 0.2) is 206 Å². The summed E-state index contributed by atoms with van der Waals surface area (Å²) in [6, 6.07) is 74.4. The zero-order valence-electron chi connectivity index (χ0n) is 32.4. The molecule has 0 radical (unpaired) electrons. The zero-order valence-corrected chi connectivity index (χ0v) is 32.4. The SMILES string of the molecule is c1ccc2c(c1)ccc1ccc(-c3nc4ccccc4nc3-c3ccc(-n4c5ccccc5c5cc6ccc(-n7c8ccccc8c8ccccc87)cc6cc54)cc3)cc12. The molecule has 0 amide bonds. The average Bonchev–Trinajstić information content (AvgIpc) is 3.82. The van der Waals surface area contributed by atoms with Crippen molar-refractivity contribution >= 4 is 87.0 Å². The van der Waals surface area contributed by atoms with E-state index in [0.29, 0.717) is 0 Å². The third kappa shape index (κ3) is 4.91. The highest BCUT2D eigenvalue weighted by Gasteiger charge is 2.18. The molecule has 0 N–H and O–H groups in total. The fourth-order valence-corrected chi connectivity index (χ4v) is 9.64. The maximum atomic E-state index is 5.29. The molecule has 0 saturated carbocycles. The van der Waals surface area contributed by atoms with Gasteiger partial charge < -0.3 is 9.13 Å². The molecule has 278 valence electrons. The highest BCUT2D eigenvalue weighted by atomic mass is 15.0. The lowest BCUT2D eigenvalue weighted by molar-refractivity contribution is 1.18. The quantitative estimate of drug-likeness (QED) is 0.167. The molecule has 13 aromatic rings. The molecule has 0 aliphatic carbocycles.